The Morgan fingerprint density at radius 3 is 2.08 bits per heavy atom. The van der Waals surface area contributed by atoms with Crippen LogP contribution in [0.5, 0.6) is 0 Å². The third-order valence-electron chi connectivity index (χ3n) is 4.23. The topological polar surface area (TPSA) is 12.0 Å². The first kappa shape index (κ1) is 7.37. The van der Waals surface area contributed by atoms with Gasteiger partial charge in [0, 0.05) is 6.54 Å². The Hall–Kier alpha value is -0.0400. The first-order valence-corrected chi connectivity index (χ1v) is 5.62. The quantitative estimate of drug-likeness (QED) is 0.661. The molecule has 3 rings (SSSR count). The van der Waals surface area contributed by atoms with Crippen LogP contribution in [0, 0.1) is 17.3 Å². The van der Waals surface area contributed by atoms with Crippen LogP contribution in [0.1, 0.15) is 38.5 Å². The molecule has 12 heavy (non-hydrogen) atoms. The van der Waals surface area contributed by atoms with Crippen LogP contribution in [-0.2, 0) is 0 Å². The number of hydrogen-bond acceptors (Lipinski definition) is 1. The molecule has 1 saturated heterocycles. The second kappa shape index (κ2) is 2.47. The van der Waals surface area contributed by atoms with E-state index in [-0.39, 0.29) is 0 Å². The zero-order chi connectivity index (χ0) is 8.02. The Bertz CT molecular complexity index is 159. The van der Waals surface area contributed by atoms with Crippen molar-refractivity contribution < 1.29 is 0 Å². The molecule has 0 radical (unpaired) electrons. The van der Waals surface area contributed by atoms with E-state index < -0.39 is 0 Å². The summed E-state index contributed by atoms with van der Waals surface area (Å²) in [6.45, 7) is 2.63. The minimum absolute atomic E-state index is 0.790. The van der Waals surface area contributed by atoms with Gasteiger partial charge in [-0.25, -0.2) is 0 Å². The van der Waals surface area contributed by atoms with Gasteiger partial charge in [0.25, 0.3) is 0 Å². The van der Waals surface area contributed by atoms with E-state index in [4.69, 9.17) is 0 Å². The summed E-state index contributed by atoms with van der Waals surface area (Å²) in [6.07, 6.45) is 9.13. The lowest BCUT2D eigenvalue weighted by Crippen LogP contribution is -2.43. The average molecular weight is 165 g/mol. The highest BCUT2D eigenvalue weighted by Crippen LogP contribution is 2.60. The average Bonchev–Trinajstić information content (AvgIpc) is 2.98. The minimum Gasteiger partial charge on any atom is -0.316 e. The van der Waals surface area contributed by atoms with Gasteiger partial charge in [0.05, 0.1) is 0 Å². The number of rotatable bonds is 2. The molecule has 0 amide bonds. The van der Waals surface area contributed by atoms with E-state index in [0.29, 0.717) is 0 Å². The fourth-order valence-electron chi connectivity index (χ4n) is 3.30. The summed E-state index contributed by atoms with van der Waals surface area (Å²) >= 11 is 0. The molecule has 3 fully saturated rings. The van der Waals surface area contributed by atoms with Crippen LogP contribution in [0.25, 0.3) is 0 Å². The monoisotopic (exact) mass is 165 g/mol. The van der Waals surface area contributed by atoms with Crippen molar-refractivity contribution in [3.63, 3.8) is 0 Å². The molecule has 0 aromatic carbocycles. The van der Waals surface area contributed by atoms with Gasteiger partial charge in [-0.2, -0.15) is 0 Å². The van der Waals surface area contributed by atoms with Crippen molar-refractivity contribution >= 4 is 0 Å². The molecule has 0 aromatic rings. The Balaban J connectivity index is 1.79. The van der Waals surface area contributed by atoms with Crippen LogP contribution in [0.15, 0.2) is 0 Å². The molecule has 1 nitrogen and oxygen atoms in total. The maximum absolute atomic E-state index is 3.62. The standard InChI is InChI=1S/C11H19N/c1-6-11(8-12-7-1,9-2-3-9)10-4-5-10/h9-10,12H,1-8H2. The van der Waals surface area contributed by atoms with Gasteiger partial charge in [-0.15, -0.1) is 0 Å². The van der Waals surface area contributed by atoms with Crippen molar-refractivity contribution in [3.8, 4) is 0 Å². The number of nitrogens with one attached hydrogen (secondary N) is 1. The highest BCUT2D eigenvalue weighted by Gasteiger charge is 2.53. The Morgan fingerprint density at radius 2 is 1.67 bits per heavy atom. The molecule has 1 heteroatoms. The normalized spacial score (nSPS) is 35.0. The van der Waals surface area contributed by atoms with Gasteiger partial charge >= 0.3 is 0 Å². The maximum Gasteiger partial charge on any atom is 0.00131 e. The summed E-state index contributed by atoms with van der Waals surface area (Å²) in [6, 6.07) is 0. The highest BCUT2D eigenvalue weighted by molar-refractivity contribution is 5.05. The fraction of sp³-hybridized carbons (Fsp3) is 1.00. The van der Waals surface area contributed by atoms with Crippen molar-refractivity contribution in [3.05, 3.63) is 0 Å². The molecule has 0 aromatic heterocycles. The molecule has 0 atom stereocenters. The maximum atomic E-state index is 3.62. The summed E-state index contributed by atoms with van der Waals surface area (Å²) < 4.78 is 0. The Morgan fingerprint density at radius 1 is 1.00 bits per heavy atom. The summed E-state index contributed by atoms with van der Waals surface area (Å²) in [4.78, 5) is 0. The Labute approximate surface area is 74.9 Å². The van der Waals surface area contributed by atoms with Crippen LogP contribution < -0.4 is 5.32 Å². The van der Waals surface area contributed by atoms with E-state index in [9.17, 15) is 0 Å². The predicted molar refractivity (Wildman–Crippen MR) is 50.0 cm³/mol. The molecule has 0 bridgehead atoms. The van der Waals surface area contributed by atoms with Crippen molar-refractivity contribution in [1.82, 2.24) is 5.32 Å². The lowest BCUT2D eigenvalue weighted by Gasteiger charge is -2.38. The second-order valence-corrected chi connectivity index (χ2v) is 5.06. The fourth-order valence-corrected chi connectivity index (χ4v) is 3.30. The van der Waals surface area contributed by atoms with Crippen LogP contribution >= 0.6 is 0 Å². The highest BCUT2D eigenvalue weighted by atomic mass is 14.9. The van der Waals surface area contributed by atoms with E-state index >= 15 is 0 Å². The zero-order valence-corrected chi connectivity index (χ0v) is 7.81. The van der Waals surface area contributed by atoms with Crippen molar-refractivity contribution in [2.24, 2.45) is 17.3 Å². The van der Waals surface area contributed by atoms with Gasteiger partial charge in [-0.3, -0.25) is 0 Å². The van der Waals surface area contributed by atoms with Crippen molar-refractivity contribution in [1.29, 1.82) is 0 Å². The minimum atomic E-state index is 0.790. The van der Waals surface area contributed by atoms with Crippen LogP contribution in [0.4, 0.5) is 0 Å². The molecule has 2 aliphatic carbocycles. The molecule has 68 valence electrons. The number of hydrogen-bond donors (Lipinski definition) is 1. The van der Waals surface area contributed by atoms with Crippen LogP contribution in [0.2, 0.25) is 0 Å². The third kappa shape index (κ3) is 1.02. The van der Waals surface area contributed by atoms with Gasteiger partial charge in [0.1, 0.15) is 0 Å². The second-order valence-electron chi connectivity index (χ2n) is 5.06. The molecular formula is C11H19N. The molecular weight excluding hydrogens is 146 g/mol. The number of piperidine rings is 1. The lowest BCUT2D eigenvalue weighted by molar-refractivity contribution is 0.139. The smallest absolute Gasteiger partial charge is 0.00131 e. The van der Waals surface area contributed by atoms with E-state index in [2.05, 4.69) is 5.32 Å². The van der Waals surface area contributed by atoms with E-state index in [1.165, 1.54) is 51.6 Å². The first-order chi connectivity index (χ1) is 5.92. The summed E-state index contributed by atoms with van der Waals surface area (Å²) in [5.74, 6) is 2.25. The largest absolute Gasteiger partial charge is 0.316 e. The lowest BCUT2D eigenvalue weighted by atomic mass is 9.72. The first-order valence-electron chi connectivity index (χ1n) is 5.62. The van der Waals surface area contributed by atoms with Crippen molar-refractivity contribution in [2.45, 2.75) is 38.5 Å². The summed E-state index contributed by atoms with van der Waals surface area (Å²) in [7, 11) is 0. The zero-order valence-electron chi connectivity index (χ0n) is 7.81. The van der Waals surface area contributed by atoms with Crippen LogP contribution in [-0.4, -0.2) is 13.1 Å². The molecule has 1 aliphatic heterocycles. The van der Waals surface area contributed by atoms with Crippen LogP contribution in [0.3, 0.4) is 0 Å². The Kier molecular flexibility index (Phi) is 1.52. The van der Waals surface area contributed by atoms with Gasteiger partial charge in [0.2, 0.25) is 0 Å². The predicted octanol–water partition coefficient (Wildman–Crippen LogP) is 2.18. The summed E-state index contributed by atoms with van der Waals surface area (Å²) in [5, 5.41) is 3.62. The van der Waals surface area contributed by atoms with Gasteiger partial charge in [-0.1, -0.05) is 0 Å². The third-order valence-corrected chi connectivity index (χ3v) is 4.23. The SMILES string of the molecule is C1CNCC(C2CC2)(C2CC2)C1. The van der Waals surface area contributed by atoms with Gasteiger partial charge in [0.15, 0.2) is 0 Å². The van der Waals surface area contributed by atoms with Crippen molar-refractivity contribution in [2.75, 3.05) is 13.1 Å². The van der Waals surface area contributed by atoms with E-state index in [0.717, 1.165) is 17.3 Å². The molecule has 0 spiro atoms. The van der Waals surface area contributed by atoms with Gasteiger partial charge < -0.3 is 5.32 Å². The molecule has 2 saturated carbocycles. The summed E-state index contributed by atoms with van der Waals surface area (Å²) in [5.41, 5.74) is 0.790. The molecule has 0 unspecified atom stereocenters. The molecule has 1 heterocycles. The molecule has 3 aliphatic rings. The molecule has 1 N–H and O–H groups in total. The van der Waals surface area contributed by atoms with Gasteiger partial charge in [-0.05, 0) is 62.3 Å². The van der Waals surface area contributed by atoms with E-state index in [1.807, 2.05) is 0 Å². The van der Waals surface area contributed by atoms with E-state index in [1.54, 1.807) is 0 Å².